The Morgan fingerprint density at radius 3 is 1.55 bits per heavy atom. The molecule has 3 aliphatic carbocycles. The highest BCUT2D eigenvalue weighted by Gasteiger charge is 2.37. The second-order valence-electron chi connectivity index (χ2n) is 15.2. The fourth-order valence-corrected chi connectivity index (χ4v) is 9.16. The Hall–Kier alpha value is -6.12. The molecule has 53 heavy (non-hydrogen) atoms. The monoisotopic (exact) mass is 682 g/mol. The van der Waals surface area contributed by atoms with Crippen molar-refractivity contribution < 1.29 is 0 Å². The van der Waals surface area contributed by atoms with Crippen LogP contribution in [-0.2, 0) is 5.41 Å². The molecule has 3 aliphatic rings. The van der Waals surface area contributed by atoms with Crippen LogP contribution in [0.2, 0.25) is 0 Å². The molecule has 0 aliphatic heterocycles. The van der Waals surface area contributed by atoms with Crippen LogP contribution in [0.3, 0.4) is 0 Å². The van der Waals surface area contributed by atoms with Crippen molar-refractivity contribution in [3.8, 4) is 16.8 Å². The minimum Gasteiger partial charge on any atom is -0.358 e. The van der Waals surface area contributed by atoms with Gasteiger partial charge in [0.25, 0.3) is 0 Å². The summed E-state index contributed by atoms with van der Waals surface area (Å²) in [5.74, 6) is 0. The molecular weight excluding hydrogens is 641 g/mol. The second kappa shape index (κ2) is 12.5. The van der Waals surface area contributed by atoms with Crippen molar-refractivity contribution in [1.29, 1.82) is 0 Å². The van der Waals surface area contributed by atoms with Gasteiger partial charge >= 0.3 is 0 Å². The molecule has 0 saturated carbocycles. The van der Waals surface area contributed by atoms with Crippen LogP contribution in [-0.4, -0.2) is 16.7 Å². The molecule has 0 fully saturated rings. The van der Waals surface area contributed by atoms with Crippen LogP contribution in [0.4, 0.5) is 5.69 Å². The first kappa shape index (κ1) is 31.6. The van der Waals surface area contributed by atoms with Crippen molar-refractivity contribution in [2.75, 3.05) is 4.90 Å². The summed E-state index contributed by atoms with van der Waals surface area (Å²) in [5, 5.41) is 2.58. The Bertz CT molecular complexity index is 2520. The van der Waals surface area contributed by atoms with Gasteiger partial charge in [-0.3, -0.25) is 0 Å². The molecule has 2 unspecified atom stereocenters. The van der Waals surface area contributed by atoms with Crippen LogP contribution in [0.1, 0.15) is 48.9 Å². The van der Waals surface area contributed by atoms with Gasteiger partial charge in [-0.15, -0.1) is 0 Å². The molecule has 0 amide bonds. The van der Waals surface area contributed by atoms with E-state index in [0.717, 1.165) is 12.8 Å². The molecule has 1 aromatic heterocycles. The molecule has 2 heteroatoms. The maximum Gasteiger partial charge on any atom is 0.0541 e. The van der Waals surface area contributed by atoms with E-state index in [1.165, 1.54) is 77.7 Å². The molecule has 10 rings (SSSR count). The van der Waals surface area contributed by atoms with E-state index in [9.17, 15) is 0 Å². The summed E-state index contributed by atoms with van der Waals surface area (Å²) in [6.45, 7) is 4.82. The van der Waals surface area contributed by atoms with E-state index in [1.807, 2.05) is 0 Å². The molecule has 256 valence electrons. The van der Waals surface area contributed by atoms with Crippen LogP contribution < -0.4 is 4.90 Å². The Morgan fingerprint density at radius 2 is 1.02 bits per heavy atom. The number of rotatable bonds is 6. The topological polar surface area (TPSA) is 8.17 Å². The average Bonchev–Trinajstić information content (AvgIpc) is 3.67. The van der Waals surface area contributed by atoms with Gasteiger partial charge in [0, 0.05) is 27.6 Å². The minimum absolute atomic E-state index is 0.160. The van der Waals surface area contributed by atoms with E-state index in [1.54, 1.807) is 0 Å². The van der Waals surface area contributed by atoms with Gasteiger partial charge in [-0.05, 0) is 93.8 Å². The molecule has 0 N–H and O–H groups in total. The molecule has 1 heterocycles. The number of anilines is 1. The molecule has 0 spiro atoms. The highest BCUT2D eigenvalue weighted by molar-refractivity contribution is 6.09. The molecule has 2 atom stereocenters. The number of nitrogens with zero attached hydrogens (tertiary/aromatic N) is 2. The lowest BCUT2D eigenvalue weighted by Crippen LogP contribution is -2.42. The lowest BCUT2D eigenvalue weighted by Gasteiger charge is -2.40. The van der Waals surface area contributed by atoms with Gasteiger partial charge in [0.1, 0.15) is 0 Å². The number of hydrogen-bond acceptors (Lipinski definition) is 1. The van der Waals surface area contributed by atoms with Crippen LogP contribution >= 0.6 is 0 Å². The fraction of sp³-hybridized carbons (Fsp3) is 0.137. The first-order chi connectivity index (χ1) is 26.0. The van der Waals surface area contributed by atoms with E-state index in [4.69, 9.17) is 0 Å². The molecular formula is C51H42N2. The summed E-state index contributed by atoms with van der Waals surface area (Å²) in [7, 11) is 0. The Balaban J connectivity index is 1.03. The van der Waals surface area contributed by atoms with Crippen molar-refractivity contribution >= 4 is 38.6 Å². The van der Waals surface area contributed by atoms with Gasteiger partial charge < -0.3 is 9.47 Å². The van der Waals surface area contributed by atoms with Gasteiger partial charge in [-0.1, -0.05) is 159 Å². The van der Waals surface area contributed by atoms with E-state index in [2.05, 4.69) is 205 Å². The lowest BCUT2D eigenvalue weighted by atomic mass is 9.82. The highest BCUT2D eigenvalue weighted by Crippen LogP contribution is 2.51. The van der Waals surface area contributed by atoms with Gasteiger partial charge in [0.2, 0.25) is 0 Å². The molecule has 6 aromatic carbocycles. The van der Waals surface area contributed by atoms with Crippen LogP contribution in [0.15, 0.2) is 182 Å². The normalized spacial score (nSPS) is 18.5. The van der Waals surface area contributed by atoms with Crippen LogP contribution in [0, 0.1) is 0 Å². The Kier molecular flexibility index (Phi) is 7.47. The third-order valence-corrected chi connectivity index (χ3v) is 11.9. The Labute approximate surface area is 312 Å². The number of aromatic nitrogens is 1. The zero-order valence-corrected chi connectivity index (χ0v) is 30.3. The van der Waals surface area contributed by atoms with E-state index < -0.39 is 0 Å². The SMILES string of the molecule is CC1(C)c2cc(N(C3C=CC(c4ccccc4)=CC3)C3C=CC(c4ccccc4)=CC3)ccc2-c2ccc(-n3c4ccccc4c4ccccc43)cc21. The maximum absolute atomic E-state index is 2.67. The summed E-state index contributed by atoms with van der Waals surface area (Å²) in [6, 6.07) is 54.0. The number of allylic oxidation sites excluding steroid dienone is 4. The summed E-state index contributed by atoms with van der Waals surface area (Å²) in [5.41, 5.74) is 15.5. The summed E-state index contributed by atoms with van der Waals surface area (Å²) in [6.07, 6.45) is 16.3. The van der Waals surface area contributed by atoms with E-state index in [-0.39, 0.29) is 17.5 Å². The molecule has 0 saturated heterocycles. The minimum atomic E-state index is -0.160. The number of hydrogen-bond donors (Lipinski definition) is 0. The first-order valence-electron chi connectivity index (χ1n) is 19.0. The smallest absolute Gasteiger partial charge is 0.0541 e. The summed E-state index contributed by atoms with van der Waals surface area (Å²) >= 11 is 0. The fourth-order valence-electron chi connectivity index (χ4n) is 9.16. The molecule has 7 aromatic rings. The molecule has 0 radical (unpaired) electrons. The Morgan fingerprint density at radius 1 is 0.528 bits per heavy atom. The van der Waals surface area contributed by atoms with Crippen molar-refractivity contribution in [3.05, 3.63) is 204 Å². The lowest BCUT2D eigenvalue weighted by molar-refractivity contribution is 0.614. The average molecular weight is 683 g/mol. The number of para-hydroxylation sites is 2. The van der Waals surface area contributed by atoms with Gasteiger partial charge in [-0.2, -0.15) is 0 Å². The molecule has 2 nitrogen and oxygen atoms in total. The van der Waals surface area contributed by atoms with Gasteiger partial charge in [-0.25, -0.2) is 0 Å². The van der Waals surface area contributed by atoms with Gasteiger partial charge in [0.15, 0.2) is 0 Å². The zero-order valence-electron chi connectivity index (χ0n) is 30.3. The summed E-state index contributed by atoms with van der Waals surface area (Å²) in [4.78, 5) is 2.67. The zero-order chi connectivity index (χ0) is 35.5. The van der Waals surface area contributed by atoms with Crippen molar-refractivity contribution in [1.82, 2.24) is 4.57 Å². The van der Waals surface area contributed by atoms with Crippen molar-refractivity contribution in [2.45, 2.75) is 44.2 Å². The highest BCUT2D eigenvalue weighted by atomic mass is 15.2. The predicted octanol–water partition coefficient (Wildman–Crippen LogP) is 12.7. The second-order valence-corrected chi connectivity index (χ2v) is 15.2. The van der Waals surface area contributed by atoms with Gasteiger partial charge in [0.05, 0.1) is 23.1 Å². The first-order valence-corrected chi connectivity index (χ1v) is 19.0. The van der Waals surface area contributed by atoms with Crippen LogP contribution in [0.5, 0.6) is 0 Å². The quantitative estimate of drug-likeness (QED) is 0.169. The van der Waals surface area contributed by atoms with E-state index in [0.29, 0.717) is 0 Å². The van der Waals surface area contributed by atoms with E-state index >= 15 is 0 Å². The maximum atomic E-state index is 2.67. The van der Waals surface area contributed by atoms with Crippen LogP contribution in [0.25, 0.3) is 49.8 Å². The molecule has 0 bridgehead atoms. The largest absolute Gasteiger partial charge is 0.358 e. The summed E-state index contributed by atoms with van der Waals surface area (Å²) < 4.78 is 2.44. The number of benzene rings is 6. The third-order valence-electron chi connectivity index (χ3n) is 11.9. The van der Waals surface area contributed by atoms with Crippen molar-refractivity contribution in [2.24, 2.45) is 0 Å². The number of fused-ring (bicyclic) bond motifs is 6. The van der Waals surface area contributed by atoms with Crippen molar-refractivity contribution in [3.63, 3.8) is 0 Å². The third kappa shape index (κ3) is 5.24. The standard InChI is InChI=1S/C51H42N2/c1-51(2)47-33-41(29-31-43(47)44-32-30-42(34-48(44)51)53-49-19-11-9-17-45(49)46-18-10-12-20-50(46)53)52(39-25-21-37(22-26-39)35-13-5-3-6-14-35)40-27-23-38(24-28-40)36-15-7-4-8-16-36/h3-25,27,29-34,39-40H,26,28H2,1-2H3. The predicted molar refractivity (Wildman–Crippen MR) is 225 cm³/mol.